The smallest absolute Gasteiger partial charge is 0.129 e. The summed E-state index contributed by atoms with van der Waals surface area (Å²) in [6.45, 7) is 3.61. The molecule has 0 radical (unpaired) electrons. The summed E-state index contributed by atoms with van der Waals surface area (Å²) in [4.78, 5) is 0.0647. The molecule has 100 valence electrons. The third-order valence-corrected chi connectivity index (χ3v) is 5.48. The van der Waals surface area contributed by atoms with E-state index in [1.807, 2.05) is 18.2 Å². The Morgan fingerprint density at radius 2 is 1.68 bits per heavy atom. The number of alkyl halides is 1. The highest BCUT2D eigenvalue weighted by Gasteiger charge is 2.16. The van der Waals surface area contributed by atoms with Crippen molar-refractivity contribution in [3.05, 3.63) is 66.4 Å². The molecule has 2 rings (SSSR count). The van der Waals surface area contributed by atoms with E-state index in [-0.39, 0.29) is 10.6 Å². The van der Waals surface area contributed by atoms with Crippen LogP contribution in [0.3, 0.4) is 0 Å². The Morgan fingerprint density at radius 3 is 2.26 bits per heavy atom. The molecule has 4 heteroatoms. The fraction of sp³-hybridized carbons (Fsp3) is 0.200. The first-order valence-electron chi connectivity index (χ1n) is 5.76. The molecule has 0 fully saturated rings. The quantitative estimate of drug-likeness (QED) is 0.338. The van der Waals surface area contributed by atoms with Crippen LogP contribution in [-0.4, -0.2) is 0 Å². The van der Waals surface area contributed by atoms with Gasteiger partial charge in [-0.2, -0.15) is 0 Å². The molecule has 0 saturated heterocycles. The lowest BCUT2D eigenvalue weighted by Crippen LogP contribution is -1.99. The Hall–Kier alpha value is 0.0600. The normalized spacial score (nSPS) is 12.5. The van der Waals surface area contributed by atoms with Crippen LogP contribution in [0.25, 0.3) is 0 Å². The summed E-state index contributed by atoms with van der Waals surface area (Å²) in [5.74, 6) is -0.118. The zero-order chi connectivity index (χ0) is 14.2. The van der Waals surface area contributed by atoms with Gasteiger partial charge in [0.1, 0.15) is 5.82 Å². The van der Waals surface area contributed by atoms with Gasteiger partial charge in [-0.3, -0.25) is 0 Å². The summed E-state index contributed by atoms with van der Waals surface area (Å²) in [6, 6.07) is 9.98. The van der Waals surface area contributed by atoms with Gasteiger partial charge in [0, 0.05) is 8.04 Å². The number of halogens is 4. The zero-order valence-electron chi connectivity index (χ0n) is 10.5. The second-order valence-corrected chi connectivity index (χ2v) is 7.49. The minimum Gasteiger partial charge on any atom is -0.206 e. The first-order valence-corrected chi connectivity index (χ1v) is 8.54. The lowest BCUT2D eigenvalue weighted by atomic mass is 10.00. The number of benzene rings is 2. The Kier molecular flexibility index (Phi) is 5.06. The molecule has 19 heavy (non-hydrogen) atoms. The lowest BCUT2D eigenvalue weighted by Gasteiger charge is -2.15. The molecule has 0 heterocycles. The summed E-state index contributed by atoms with van der Waals surface area (Å²) in [5.41, 5.74) is 3.63. The Morgan fingerprint density at radius 1 is 1.11 bits per heavy atom. The van der Waals surface area contributed by atoms with Crippen molar-refractivity contribution < 1.29 is 4.39 Å². The summed E-state index contributed by atoms with van der Waals surface area (Å²) < 4.78 is 15.9. The van der Waals surface area contributed by atoms with Crippen molar-refractivity contribution in [3.8, 4) is 0 Å². The molecular weight excluding hydrogens is 486 g/mol. The number of aryl methyl sites for hydroxylation is 2. The summed E-state index contributed by atoms with van der Waals surface area (Å²) >= 11 is 9.54. The molecule has 1 unspecified atom stereocenters. The molecule has 0 spiro atoms. The predicted octanol–water partition coefficient (Wildman–Crippen LogP) is 6.29. The van der Waals surface area contributed by atoms with Crippen molar-refractivity contribution in [2.45, 2.75) is 18.7 Å². The Bertz CT molecular complexity index is 603. The first kappa shape index (κ1) is 15.4. The SMILES string of the molecule is Cc1cc(C(Br)c2cc(Br)ccc2I)cc(C)c1F. The van der Waals surface area contributed by atoms with E-state index >= 15 is 0 Å². The second-order valence-electron chi connectivity index (χ2n) is 4.50. The van der Waals surface area contributed by atoms with Crippen LogP contribution in [0.15, 0.2) is 34.8 Å². The van der Waals surface area contributed by atoms with E-state index in [2.05, 4.69) is 66.6 Å². The van der Waals surface area contributed by atoms with E-state index in [1.54, 1.807) is 13.8 Å². The van der Waals surface area contributed by atoms with Crippen molar-refractivity contribution in [3.63, 3.8) is 0 Å². The first-order chi connectivity index (χ1) is 8.90. The highest BCUT2D eigenvalue weighted by atomic mass is 127. The molecule has 0 aliphatic heterocycles. The van der Waals surface area contributed by atoms with Crippen molar-refractivity contribution in [1.82, 2.24) is 0 Å². The van der Waals surface area contributed by atoms with Gasteiger partial charge in [-0.1, -0.05) is 44.0 Å². The molecule has 0 saturated carbocycles. The fourth-order valence-electron chi connectivity index (χ4n) is 2.01. The van der Waals surface area contributed by atoms with Crippen LogP contribution in [0.5, 0.6) is 0 Å². The van der Waals surface area contributed by atoms with Crippen LogP contribution in [0.2, 0.25) is 0 Å². The van der Waals surface area contributed by atoms with Gasteiger partial charge in [-0.15, -0.1) is 0 Å². The topological polar surface area (TPSA) is 0 Å². The van der Waals surface area contributed by atoms with Crippen LogP contribution >= 0.6 is 54.5 Å². The number of hydrogen-bond acceptors (Lipinski definition) is 0. The molecule has 0 aromatic heterocycles. The number of rotatable bonds is 2. The third kappa shape index (κ3) is 3.39. The van der Waals surface area contributed by atoms with Gasteiger partial charge < -0.3 is 0 Å². The highest BCUT2D eigenvalue weighted by Crippen LogP contribution is 2.36. The largest absolute Gasteiger partial charge is 0.206 e. The van der Waals surface area contributed by atoms with Crippen LogP contribution in [0.4, 0.5) is 4.39 Å². The van der Waals surface area contributed by atoms with Crippen LogP contribution in [0.1, 0.15) is 27.1 Å². The molecule has 0 aliphatic rings. The van der Waals surface area contributed by atoms with Crippen molar-refractivity contribution >= 4 is 54.5 Å². The van der Waals surface area contributed by atoms with Crippen LogP contribution < -0.4 is 0 Å². The van der Waals surface area contributed by atoms with Crippen molar-refractivity contribution in [2.75, 3.05) is 0 Å². The van der Waals surface area contributed by atoms with Crippen molar-refractivity contribution in [1.29, 1.82) is 0 Å². The molecule has 0 bridgehead atoms. The molecule has 2 aromatic rings. The van der Waals surface area contributed by atoms with Crippen molar-refractivity contribution in [2.24, 2.45) is 0 Å². The summed E-state index contributed by atoms with van der Waals surface area (Å²) in [6.07, 6.45) is 0. The predicted molar refractivity (Wildman–Crippen MR) is 93.5 cm³/mol. The van der Waals surface area contributed by atoms with Gasteiger partial charge in [0.2, 0.25) is 0 Å². The van der Waals surface area contributed by atoms with E-state index in [0.29, 0.717) is 11.1 Å². The maximum absolute atomic E-state index is 13.7. The van der Waals surface area contributed by atoms with Gasteiger partial charge in [0.05, 0.1) is 4.83 Å². The Labute approximate surface area is 143 Å². The van der Waals surface area contributed by atoms with E-state index in [4.69, 9.17) is 0 Å². The molecule has 0 amide bonds. The molecule has 1 atom stereocenters. The van der Waals surface area contributed by atoms with Gasteiger partial charge >= 0.3 is 0 Å². The highest BCUT2D eigenvalue weighted by molar-refractivity contribution is 14.1. The minimum atomic E-state index is -0.118. The van der Waals surface area contributed by atoms with Crippen LogP contribution in [-0.2, 0) is 0 Å². The summed E-state index contributed by atoms with van der Waals surface area (Å²) in [5, 5.41) is 0. The fourth-order valence-corrected chi connectivity index (χ4v) is 4.11. The zero-order valence-corrected chi connectivity index (χ0v) is 15.8. The second kappa shape index (κ2) is 6.22. The average molecular weight is 498 g/mol. The van der Waals surface area contributed by atoms with E-state index in [9.17, 15) is 4.39 Å². The monoisotopic (exact) mass is 496 g/mol. The van der Waals surface area contributed by atoms with Gasteiger partial charge in [0.25, 0.3) is 0 Å². The lowest BCUT2D eigenvalue weighted by molar-refractivity contribution is 0.608. The van der Waals surface area contributed by atoms with E-state index in [1.165, 1.54) is 9.13 Å². The summed E-state index contributed by atoms with van der Waals surface area (Å²) in [7, 11) is 0. The third-order valence-electron chi connectivity index (χ3n) is 2.98. The van der Waals surface area contributed by atoms with Gasteiger partial charge in [-0.05, 0) is 76.9 Å². The minimum absolute atomic E-state index is 0.0647. The maximum atomic E-state index is 13.7. The van der Waals surface area contributed by atoms with Gasteiger partial charge in [0.15, 0.2) is 0 Å². The molecule has 2 aromatic carbocycles. The average Bonchev–Trinajstić information content (AvgIpc) is 2.37. The molecule has 0 N–H and O–H groups in total. The molecular formula is C15H12Br2FI. The number of hydrogen-bond donors (Lipinski definition) is 0. The maximum Gasteiger partial charge on any atom is 0.129 e. The van der Waals surface area contributed by atoms with E-state index < -0.39 is 0 Å². The van der Waals surface area contributed by atoms with Crippen LogP contribution in [0, 0.1) is 23.2 Å². The molecule has 0 nitrogen and oxygen atoms in total. The van der Waals surface area contributed by atoms with Gasteiger partial charge in [-0.25, -0.2) is 4.39 Å². The standard InChI is InChI=1S/C15H12Br2FI/c1-8-5-10(6-9(2)15(8)18)14(17)12-7-11(16)3-4-13(12)19/h3-7,14H,1-2H3. The van der Waals surface area contributed by atoms with E-state index in [0.717, 1.165) is 10.0 Å². The Balaban J connectivity index is 2.49. The molecule has 0 aliphatic carbocycles.